The van der Waals surface area contributed by atoms with Crippen LogP contribution in [0.2, 0.25) is 0 Å². The molecule has 0 unspecified atom stereocenters. The van der Waals surface area contributed by atoms with E-state index in [0.717, 1.165) is 27.7 Å². The third-order valence-electron chi connectivity index (χ3n) is 2.97. The molecule has 0 aliphatic carbocycles. The minimum Gasteiger partial charge on any atom is -0.354 e. The topological polar surface area (TPSA) is 53.6 Å². The first-order valence-corrected chi connectivity index (χ1v) is 7.41. The van der Waals surface area contributed by atoms with Gasteiger partial charge in [-0.15, -0.1) is 0 Å². The second kappa shape index (κ2) is 5.54. The fourth-order valence-corrected chi connectivity index (χ4v) is 2.88. The van der Waals surface area contributed by atoms with Crippen LogP contribution < -0.4 is 5.32 Å². The Hall–Kier alpha value is -2.01. The van der Waals surface area contributed by atoms with Crippen LogP contribution >= 0.6 is 11.8 Å². The Kier molecular flexibility index (Phi) is 3.60. The van der Waals surface area contributed by atoms with Crippen LogP contribution in [0.5, 0.6) is 0 Å². The molecule has 0 saturated carbocycles. The molecule has 0 radical (unpaired) electrons. The van der Waals surface area contributed by atoms with Gasteiger partial charge in [0.25, 0.3) is 0 Å². The molecular weight excluding hydrogens is 268 g/mol. The third-order valence-corrected chi connectivity index (χ3v) is 4.02. The molecule has 1 aromatic carbocycles. The lowest BCUT2D eigenvalue weighted by molar-refractivity contribution is 0.981. The van der Waals surface area contributed by atoms with E-state index in [1.54, 1.807) is 11.8 Å². The smallest absolute Gasteiger partial charge is 0.223 e. The van der Waals surface area contributed by atoms with Gasteiger partial charge in [0.1, 0.15) is 5.03 Å². The molecular formula is C15H16N4S. The number of rotatable bonds is 4. The summed E-state index contributed by atoms with van der Waals surface area (Å²) in [5.74, 6) is 0.678. The van der Waals surface area contributed by atoms with Crippen molar-refractivity contribution in [2.24, 2.45) is 0 Å². The van der Waals surface area contributed by atoms with E-state index >= 15 is 0 Å². The fraction of sp³-hybridized carbons (Fsp3) is 0.200. The van der Waals surface area contributed by atoms with Gasteiger partial charge < -0.3 is 10.3 Å². The van der Waals surface area contributed by atoms with Crippen molar-refractivity contribution < 1.29 is 0 Å². The number of aromatic nitrogens is 3. The van der Waals surface area contributed by atoms with Gasteiger partial charge in [-0.05, 0) is 26.0 Å². The number of hydrogen-bond acceptors (Lipinski definition) is 4. The highest BCUT2D eigenvalue weighted by Crippen LogP contribution is 2.30. The highest BCUT2D eigenvalue weighted by atomic mass is 32.2. The largest absolute Gasteiger partial charge is 0.354 e. The average molecular weight is 284 g/mol. The highest BCUT2D eigenvalue weighted by Gasteiger charge is 2.08. The maximum atomic E-state index is 4.55. The van der Waals surface area contributed by atoms with Crippen molar-refractivity contribution in [3.8, 4) is 0 Å². The molecule has 2 heterocycles. The molecule has 5 heteroatoms. The number of H-pyrrole nitrogens is 1. The lowest BCUT2D eigenvalue weighted by atomic mass is 10.3. The van der Waals surface area contributed by atoms with Gasteiger partial charge in [0.15, 0.2) is 0 Å². The van der Waals surface area contributed by atoms with Crippen molar-refractivity contribution in [2.75, 3.05) is 11.9 Å². The van der Waals surface area contributed by atoms with Gasteiger partial charge >= 0.3 is 0 Å². The van der Waals surface area contributed by atoms with Crippen LogP contribution in [0.3, 0.4) is 0 Å². The SMILES string of the molecule is CCNc1ncc(C)c(Sc2cc3ccccc3[nH]2)n1. The normalized spacial score (nSPS) is 10.9. The Morgan fingerprint density at radius 2 is 2.15 bits per heavy atom. The lowest BCUT2D eigenvalue weighted by Gasteiger charge is -2.06. The quantitative estimate of drug-likeness (QED) is 0.715. The van der Waals surface area contributed by atoms with Crippen LogP contribution in [0.4, 0.5) is 5.95 Å². The minimum atomic E-state index is 0.678. The van der Waals surface area contributed by atoms with Crippen LogP contribution in [0.25, 0.3) is 10.9 Å². The molecule has 20 heavy (non-hydrogen) atoms. The Bertz CT molecular complexity index is 703. The van der Waals surface area contributed by atoms with Gasteiger partial charge in [0.05, 0.1) is 5.03 Å². The van der Waals surface area contributed by atoms with Gasteiger partial charge in [0.2, 0.25) is 5.95 Å². The zero-order valence-corrected chi connectivity index (χ0v) is 12.3. The summed E-state index contributed by atoms with van der Waals surface area (Å²) in [5, 5.41) is 6.43. The Labute approximate surface area is 122 Å². The second-order valence-corrected chi connectivity index (χ2v) is 5.57. The van der Waals surface area contributed by atoms with E-state index in [0.29, 0.717) is 5.95 Å². The van der Waals surface area contributed by atoms with E-state index in [1.165, 1.54) is 5.39 Å². The van der Waals surface area contributed by atoms with Crippen LogP contribution in [0, 0.1) is 6.92 Å². The van der Waals surface area contributed by atoms with Crippen molar-refractivity contribution in [3.05, 3.63) is 42.1 Å². The van der Waals surface area contributed by atoms with Gasteiger partial charge in [-0.1, -0.05) is 30.0 Å². The number of nitrogens with one attached hydrogen (secondary N) is 2. The zero-order valence-electron chi connectivity index (χ0n) is 11.5. The standard InChI is InChI=1S/C15H16N4S/c1-3-16-15-17-9-10(2)14(19-15)20-13-8-11-6-4-5-7-12(11)18-13/h4-9,18H,3H2,1-2H3,(H,16,17,19). The number of aromatic amines is 1. The maximum Gasteiger partial charge on any atom is 0.223 e. The summed E-state index contributed by atoms with van der Waals surface area (Å²) < 4.78 is 0. The molecule has 0 bridgehead atoms. The number of aryl methyl sites for hydroxylation is 1. The summed E-state index contributed by atoms with van der Waals surface area (Å²) in [5.41, 5.74) is 2.23. The number of benzene rings is 1. The second-order valence-electron chi connectivity index (χ2n) is 4.54. The molecule has 3 rings (SSSR count). The number of fused-ring (bicyclic) bond motifs is 1. The average Bonchev–Trinajstić information content (AvgIpc) is 2.85. The summed E-state index contributed by atoms with van der Waals surface area (Å²) in [6.07, 6.45) is 1.86. The molecule has 0 saturated heterocycles. The summed E-state index contributed by atoms with van der Waals surface area (Å²) in [6.45, 7) is 4.88. The first-order chi connectivity index (χ1) is 9.76. The van der Waals surface area contributed by atoms with Crippen molar-refractivity contribution in [1.29, 1.82) is 0 Å². The summed E-state index contributed by atoms with van der Waals surface area (Å²) in [7, 11) is 0. The van der Waals surface area contributed by atoms with Crippen molar-refractivity contribution in [1.82, 2.24) is 15.0 Å². The molecule has 0 fully saturated rings. The van der Waals surface area contributed by atoms with E-state index < -0.39 is 0 Å². The summed E-state index contributed by atoms with van der Waals surface area (Å²) in [4.78, 5) is 12.2. The minimum absolute atomic E-state index is 0.678. The van der Waals surface area contributed by atoms with Crippen LogP contribution in [0.15, 0.2) is 46.6 Å². The molecule has 102 valence electrons. The molecule has 0 amide bonds. The molecule has 0 aliphatic heterocycles. The van der Waals surface area contributed by atoms with Crippen molar-refractivity contribution in [2.45, 2.75) is 23.9 Å². The fourth-order valence-electron chi connectivity index (χ4n) is 1.98. The number of nitrogens with zero attached hydrogens (tertiary/aromatic N) is 2. The molecule has 0 atom stereocenters. The molecule has 3 aromatic rings. The van der Waals surface area contributed by atoms with Crippen LogP contribution in [0.1, 0.15) is 12.5 Å². The van der Waals surface area contributed by atoms with Gasteiger partial charge in [-0.2, -0.15) is 0 Å². The maximum absolute atomic E-state index is 4.55. The van der Waals surface area contributed by atoms with Gasteiger partial charge in [-0.25, -0.2) is 9.97 Å². The number of para-hydroxylation sites is 1. The van der Waals surface area contributed by atoms with Crippen LogP contribution in [-0.4, -0.2) is 21.5 Å². The predicted octanol–water partition coefficient (Wildman–Crippen LogP) is 3.85. The molecule has 4 nitrogen and oxygen atoms in total. The zero-order chi connectivity index (χ0) is 13.9. The first-order valence-electron chi connectivity index (χ1n) is 6.59. The summed E-state index contributed by atoms with van der Waals surface area (Å²) in [6, 6.07) is 10.4. The molecule has 0 aliphatic rings. The monoisotopic (exact) mass is 284 g/mol. The summed E-state index contributed by atoms with van der Waals surface area (Å²) >= 11 is 1.63. The van der Waals surface area contributed by atoms with Gasteiger partial charge in [0, 0.05) is 29.2 Å². The highest BCUT2D eigenvalue weighted by molar-refractivity contribution is 7.99. The molecule has 2 aromatic heterocycles. The molecule has 0 spiro atoms. The van der Waals surface area contributed by atoms with E-state index in [2.05, 4.69) is 38.5 Å². The van der Waals surface area contributed by atoms with E-state index in [9.17, 15) is 0 Å². The van der Waals surface area contributed by atoms with Crippen LogP contribution in [-0.2, 0) is 0 Å². The van der Waals surface area contributed by atoms with Crippen molar-refractivity contribution in [3.63, 3.8) is 0 Å². The van der Waals surface area contributed by atoms with E-state index in [4.69, 9.17) is 0 Å². The molecule has 2 N–H and O–H groups in total. The van der Waals surface area contributed by atoms with Crippen molar-refractivity contribution >= 4 is 28.6 Å². The Morgan fingerprint density at radius 3 is 2.95 bits per heavy atom. The third kappa shape index (κ3) is 2.63. The number of hydrogen-bond donors (Lipinski definition) is 2. The Balaban J connectivity index is 1.91. The number of anilines is 1. The Morgan fingerprint density at radius 1 is 1.30 bits per heavy atom. The van der Waals surface area contributed by atoms with Gasteiger partial charge in [-0.3, -0.25) is 0 Å². The lowest BCUT2D eigenvalue weighted by Crippen LogP contribution is -2.03. The van der Waals surface area contributed by atoms with E-state index in [1.807, 2.05) is 32.2 Å². The first kappa shape index (κ1) is 13.0. The predicted molar refractivity (Wildman–Crippen MR) is 83.4 cm³/mol. The van der Waals surface area contributed by atoms with E-state index in [-0.39, 0.29) is 0 Å².